The molecule has 23 heteroatoms. The number of aliphatic hydroxyl groups excluding tert-OH is 2. The van der Waals surface area contributed by atoms with Crippen molar-refractivity contribution < 1.29 is 75.6 Å². The third-order valence-corrected chi connectivity index (χ3v) is 7.44. The molecule has 0 bridgehead atoms. The van der Waals surface area contributed by atoms with E-state index in [4.69, 9.17) is 24.2 Å². The van der Waals surface area contributed by atoms with Gasteiger partial charge in [0.2, 0.25) is 12.0 Å². The van der Waals surface area contributed by atoms with Crippen LogP contribution < -0.4 is 16.0 Å². The minimum Gasteiger partial charge on any atom is -0.506 e. The maximum Gasteiger partial charge on any atom is 0.490 e. The molecule has 0 fully saturated rings. The van der Waals surface area contributed by atoms with Crippen LogP contribution in [-0.4, -0.2) is 71.7 Å². The third-order valence-electron chi connectivity index (χ3n) is 3.66. The van der Waals surface area contributed by atoms with E-state index in [1.54, 1.807) is 4.98 Å². The molecule has 2 heterocycles. The van der Waals surface area contributed by atoms with E-state index in [1.165, 1.54) is 0 Å². The Kier molecular flexibility index (Phi) is 8.86. The summed E-state index contributed by atoms with van der Waals surface area (Å²) in [7, 11) is -16.0. The highest BCUT2D eigenvalue weighted by Crippen LogP contribution is 2.66. The van der Waals surface area contributed by atoms with Crippen LogP contribution >= 0.6 is 23.5 Å². The molecule has 0 spiro atoms. The second-order valence-electron chi connectivity index (χ2n) is 6.15. The minimum atomic E-state index is -5.81. The number of aromatic amines is 1. The lowest BCUT2D eigenvalue weighted by Crippen LogP contribution is -2.37. The summed E-state index contributed by atoms with van der Waals surface area (Å²) in [6, 6.07) is 0. The van der Waals surface area contributed by atoms with Gasteiger partial charge in [-0.1, -0.05) is 0 Å². The number of nitrogens with zero attached hydrogens (tertiary/aromatic N) is 1. The van der Waals surface area contributed by atoms with Crippen molar-refractivity contribution in [1.82, 2.24) is 9.55 Å². The van der Waals surface area contributed by atoms with Crippen LogP contribution in [0.25, 0.3) is 0 Å². The lowest BCUT2D eigenvalue weighted by molar-refractivity contribution is -0.142. The fourth-order valence-electron chi connectivity index (χ4n) is 2.29. The number of phosphoric ester groups is 1. The largest absolute Gasteiger partial charge is 0.506 e. The van der Waals surface area contributed by atoms with E-state index < -0.39 is 83.5 Å². The van der Waals surface area contributed by atoms with E-state index in [0.717, 1.165) is 7.11 Å². The Labute approximate surface area is 192 Å². The van der Waals surface area contributed by atoms with E-state index in [9.17, 15) is 43.2 Å². The van der Waals surface area contributed by atoms with Crippen LogP contribution in [0.3, 0.4) is 0 Å². The molecule has 0 radical (unpaired) electrons. The highest BCUT2D eigenvalue weighted by Gasteiger charge is 2.43. The summed E-state index contributed by atoms with van der Waals surface area (Å²) >= 11 is 0. The van der Waals surface area contributed by atoms with Gasteiger partial charge in [0.05, 0.1) is 13.3 Å². The van der Waals surface area contributed by atoms with E-state index in [0.29, 0.717) is 10.8 Å². The zero-order valence-electron chi connectivity index (χ0n) is 17.0. The molecule has 7 N–H and O–H groups in total. The number of aromatic nitrogens is 2. The van der Waals surface area contributed by atoms with Gasteiger partial charge >= 0.3 is 35.1 Å². The topological polar surface area (TPSA) is 300 Å². The summed E-state index contributed by atoms with van der Waals surface area (Å²) in [5, 5.41) is 20.2. The zero-order valence-corrected chi connectivity index (χ0v) is 19.7. The molecule has 0 saturated heterocycles. The second kappa shape index (κ2) is 10.7. The van der Waals surface area contributed by atoms with Crippen LogP contribution in [0.2, 0.25) is 0 Å². The molecule has 198 valence electrons. The van der Waals surface area contributed by atoms with Gasteiger partial charge in [0.1, 0.15) is 6.61 Å². The normalized spacial score (nSPS) is 21.7. The predicted molar refractivity (Wildman–Crippen MR) is 104 cm³/mol. The Hall–Kier alpha value is -2.34. The van der Waals surface area contributed by atoms with E-state index in [-0.39, 0.29) is 0 Å². The molecule has 20 nitrogen and oxygen atoms in total. The van der Waals surface area contributed by atoms with Gasteiger partial charge < -0.3 is 44.0 Å². The quantitative estimate of drug-likeness (QED) is 0.113. The first-order valence-electron chi connectivity index (χ1n) is 8.55. The van der Waals surface area contributed by atoms with Crippen LogP contribution in [0.5, 0.6) is 5.75 Å². The van der Waals surface area contributed by atoms with Gasteiger partial charge in [0.25, 0.3) is 5.56 Å². The lowest BCUT2D eigenvalue weighted by Gasteiger charge is -2.19. The first-order chi connectivity index (χ1) is 15.9. The van der Waals surface area contributed by atoms with Gasteiger partial charge in [-0.15, -0.1) is 0 Å². The number of carbonyl (C=O) groups is 1. The fraction of sp³-hybridized carbons (Fsp3) is 0.417. The van der Waals surface area contributed by atoms with E-state index in [2.05, 4.69) is 17.9 Å². The molecule has 1 aromatic heterocycles. The average Bonchev–Trinajstić information content (AvgIpc) is 2.97. The van der Waals surface area contributed by atoms with Crippen molar-refractivity contribution in [2.75, 3.05) is 20.3 Å². The number of esters is 1. The van der Waals surface area contributed by atoms with Crippen molar-refractivity contribution in [3.8, 4) is 5.75 Å². The van der Waals surface area contributed by atoms with Gasteiger partial charge in [-0.3, -0.25) is 18.9 Å². The summed E-state index contributed by atoms with van der Waals surface area (Å²) in [5.41, 5.74) is -2.26. The van der Waals surface area contributed by atoms with Crippen LogP contribution in [-0.2, 0) is 41.1 Å². The summed E-state index contributed by atoms with van der Waals surface area (Å²) in [6.45, 7) is -1.99. The van der Waals surface area contributed by atoms with Gasteiger partial charge in [-0.25, -0.2) is 23.3 Å². The third kappa shape index (κ3) is 8.09. The first kappa shape index (κ1) is 28.9. The fourth-order valence-corrected chi connectivity index (χ4v) is 5.26. The number of nitrogens with one attached hydrogen (secondary N) is 1. The predicted octanol–water partition coefficient (Wildman–Crippen LogP) is -1.91. The number of hydrogen-bond acceptors (Lipinski definition) is 14. The summed E-state index contributed by atoms with van der Waals surface area (Å²) in [6.07, 6.45) is -3.15. The highest BCUT2D eigenvalue weighted by molar-refractivity contribution is 7.66. The Morgan fingerprint density at radius 1 is 1.14 bits per heavy atom. The summed E-state index contributed by atoms with van der Waals surface area (Å²) in [5.74, 6) is -3.35. The number of hydrogen-bond donors (Lipinski definition) is 7. The maximum atomic E-state index is 12.1. The van der Waals surface area contributed by atoms with Crippen LogP contribution in [0.1, 0.15) is 6.23 Å². The molecular weight excluding hydrogens is 553 g/mol. The Morgan fingerprint density at radius 2 is 1.77 bits per heavy atom. The smallest absolute Gasteiger partial charge is 0.490 e. The molecule has 3 unspecified atom stereocenters. The van der Waals surface area contributed by atoms with Gasteiger partial charge in [0.15, 0.2) is 24.2 Å². The molecule has 0 saturated carbocycles. The molecule has 1 aromatic rings. The number of aliphatic hydroxyl groups is 2. The molecule has 1 aliphatic rings. The molecule has 1 aliphatic heterocycles. The second-order valence-corrected chi connectivity index (χ2v) is 10.6. The molecule has 35 heavy (non-hydrogen) atoms. The average molecular weight is 570 g/mol. The Bertz CT molecular complexity index is 1260. The molecule has 2 rings (SSSR count). The minimum absolute atomic E-state index is 0.507. The Morgan fingerprint density at radius 3 is 2.34 bits per heavy atom. The monoisotopic (exact) mass is 570 g/mol. The number of carbonyl (C=O) groups excluding carboxylic acids is 1. The molecule has 4 atom stereocenters. The standard InChI is InChI=1S/C12H17N2O18P3/c1-27-7(15)4-28-5-2-14(12(19)13-10(5)18)11-9(17)8(16)6(30-11)3-29-34(23,24)32-35(25,26)31-33(20,21)22/h2,9,11,16-17H,3-4H2,1H3,(H,23,24)(H,25,26)(H,13,18,19)(H2,20,21,22)/t9?,11-/m1/s1. The van der Waals surface area contributed by atoms with Crippen molar-refractivity contribution >= 4 is 29.4 Å². The van der Waals surface area contributed by atoms with Crippen LogP contribution in [0, 0.1) is 0 Å². The van der Waals surface area contributed by atoms with Crippen molar-refractivity contribution in [2.45, 2.75) is 12.3 Å². The first-order valence-corrected chi connectivity index (χ1v) is 13.1. The number of ether oxygens (including phenoxy) is 3. The van der Waals surface area contributed by atoms with Crippen LogP contribution in [0.4, 0.5) is 0 Å². The van der Waals surface area contributed by atoms with Crippen molar-refractivity contribution in [3.63, 3.8) is 0 Å². The molecule has 0 amide bonds. The molecule has 0 aromatic carbocycles. The van der Waals surface area contributed by atoms with Gasteiger partial charge in [0, 0.05) is 0 Å². The zero-order chi connectivity index (χ0) is 26.8. The van der Waals surface area contributed by atoms with E-state index >= 15 is 0 Å². The highest BCUT2D eigenvalue weighted by atomic mass is 31.3. The van der Waals surface area contributed by atoms with Crippen molar-refractivity contribution in [1.29, 1.82) is 0 Å². The maximum absolute atomic E-state index is 12.1. The number of phosphoric acid groups is 3. The van der Waals surface area contributed by atoms with Gasteiger partial charge in [-0.05, 0) is 0 Å². The number of H-pyrrole nitrogens is 1. The van der Waals surface area contributed by atoms with Crippen LogP contribution in [0.15, 0.2) is 27.3 Å². The summed E-state index contributed by atoms with van der Waals surface area (Å²) < 4.78 is 59.8. The van der Waals surface area contributed by atoms with E-state index in [1.807, 2.05) is 0 Å². The SMILES string of the molecule is COC(=O)COc1cn([C@@H]2OC(COP(=O)(O)OP(=O)(O)OP(=O)(O)O)=C(O)C2O)c(=O)[nH]c1=O. The number of rotatable bonds is 11. The van der Waals surface area contributed by atoms with Crippen molar-refractivity contribution in [2.24, 2.45) is 0 Å². The van der Waals surface area contributed by atoms with Gasteiger partial charge in [-0.2, -0.15) is 8.62 Å². The Balaban J connectivity index is 2.16. The summed E-state index contributed by atoms with van der Waals surface area (Å²) in [4.78, 5) is 72.4. The molecular formula is C12H17N2O18P3. The lowest BCUT2D eigenvalue weighted by atomic mass is 10.2. The number of methoxy groups -OCH3 is 1. The van der Waals surface area contributed by atoms with Crippen molar-refractivity contribution in [3.05, 3.63) is 38.6 Å². The molecule has 0 aliphatic carbocycles.